The molecule has 4 rings (SSSR count). The van der Waals surface area contributed by atoms with Gasteiger partial charge in [0.15, 0.2) is 0 Å². The van der Waals surface area contributed by atoms with Crippen LogP contribution in [0, 0.1) is 32.6 Å². The van der Waals surface area contributed by atoms with Crippen LogP contribution in [0.1, 0.15) is 39.3 Å². The number of carbonyl (C=O) groups is 1. The molecule has 168 valence electrons. The van der Waals surface area contributed by atoms with Gasteiger partial charge >= 0.3 is 0 Å². The van der Waals surface area contributed by atoms with E-state index >= 15 is 0 Å². The van der Waals surface area contributed by atoms with Crippen molar-refractivity contribution in [3.8, 4) is 11.8 Å². The third-order valence-corrected chi connectivity index (χ3v) is 5.42. The summed E-state index contributed by atoms with van der Waals surface area (Å²) >= 11 is 0. The monoisotopic (exact) mass is 446 g/mol. The minimum absolute atomic E-state index is 0.208. The van der Waals surface area contributed by atoms with Crippen molar-refractivity contribution in [1.29, 1.82) is 0 Å². The van der Waals surface area contributed by atoms with Gasteiger partial charge in [-0.05, 0) is 68.7 Å². The number of aromatic nitrogens is 3. The fourth-order valence-electron chi connectivity index (χ4n) is 3.56. The fourth-order valence-corrected chi connectivity index (χ4v) is 3.56. The topological polar surface area (TPSA) is 59.8 Å². The zero-order valence-electron chi connectivity index (χ0n) is 19.5. The average Bonchev–Trinajstić information content (AvgIpc) is 3.10. The van der Waals surface area contributed by atoms with E-state index in [1.807, 2.05) is 67.1 Å². The Morgan fingerprint density at radius 2 is 1.82 bits per heavy atom. The summed E-state index contributed by atoms with van der Waals surface area (Å²) in [5.41, 5.74) is 7.48. The zero-order chi connectivity index (χ0) is 23.9. The second-order valence-corrected chi connectivity index (χ2v) is 8.10. The molecule has 0 unspecified atom stereocenters. The van der Waals surface area contributed by atoms with Crippen LogP contribution in [0.4, 0.5) is 5.69 Å². The Morgan fingerprint density at radius 1 is 1.00 bits per heavy atom. The maximum absolute atomic E-state index is 12.6. The standard InChI is InChI=1S/C29H26N4O/c1-21-10-12-25(13-11-21)20-33-23(3)28(22(2)32-33)16-17-29(34)31-27-9-6-7-24(19-27)14-15-26-8-4-5-18-30-26/h4-13,16-19H,20H2,1-3H3,(H,31,34)/b17-16+. The highest BCUT2D eigenvalue weighted by atomic mass is 16.1. The highest BCUT2D eigenvalue weighted by molar-refractivity contribution is 6.02. The highest BCUT2D eigenvalue weighted by Gasteiger charge is 2.10. The van der Waals surface area contributed by atoms with E-state index in [9.17, 15) is 4.79 Å². The molecule has 34 heavy (non-hydrogen) atoms. The van der Waals surface area contributed by atoms with E-state index in [4.69, 9.17) is 0 Å². The van der Waals surface area contributed by atoms with Gasteiger partial charge in [0.25, 0.3) is 0 Å². The van der Waals surface area contributed by atoms with Crippen LogP contribution in [-0.4, -0.2) is 20.7 Å². The van der Waals surface area contributed by atoms with Crippen LogP contribution in [0.3, 0.4) is 0 Å². The Bertz CT molecular complexity index is 1390. The summed E-state index contributed by atoms with van der Waals surface area (Å²) in [4.78, 5) is 16.8. The molecule has 0 aliphatic heterocycles. The first-order valence-corrected chi connectivity index (χ1v) is 11.1. The molecular weight excluding hydrogens is 420 g/mol. The van der Waals surface area contributed by atoms with Gasteiger partial charge in [0.2, 0.25) is 5.91 Å². The highest BCUT2D eigenvalue weighted by Crippen LogP contribution is 2.17. The van der Waals surface area contributed by atoms with Crippen molar-refractivity contribution in [2.24, 2.45) is 0 Å². The normalized spacial score (nSPS) is 10.7. The molecule has 0 radical (unpaired) electrons. The number of rotatable bonds is 5. The van der Waals surface area contributed by atoms with Gasteiger partial charge in [-0.1, -0.05) is 47.9 Å². The maximum atomic E-state index is 12.6. The summed E-state index contributed by atoms with van der Waals surface area (Å²) in [6.07, 6.45) is 5.07. The third kappa shape index (κ3) is 5.87. The molecule has 0 aliphatic carbocycles. The maximum Gasteiger partial charge on any atom is 0.248 e. The Labute approximate surface area is 200 Å². The number of pyridine rings is 1. The number of benzene rings is 2. The summed E-state index contributed by atoms with van der Waals surface area (Å²) in [6.45, 7) is 6.75. The number of hydrogen-bond donors (Lipinski definition) is 1. The van der Waals surface area contributed by atoms with Gasteiger partial charge in [0.1, 0.15) is 5.69 Å². The van der Waals surface area contributed by atoms with Gasteiger partial charge < -0.3 is 5.32 Å². The number of nitrogens with one attached hydrogen (secondary N) is 1. The molecule has 5 heteroatoms. The second kappa shape index (κ2) is 10.5. The van der Waals surface area contributed by atoms with Crippen molar-refractivity contribution in [2.45, 2.75) is 27.3 Å². The third-order valence-electron chi connectivity index (χ3n) is 5.42. The molecule has 1 amide bonds. The van der Waals surface area contributed by atoms with E-state index < -0.39 is 0 Å². The molecule has 5 nitrogen and oxygen atoms in total. The number of aryl methyl sites for hydroxylation is 2. The number of carbonyl (C=O) groups excluding carboxylic acids is 1. The molecule has 0 spiro atoms. The van der Waals surface area contributed by atoms with E-state index in [0.29, 0.717) is 17.9 Å². The second-order valence-electron chi connectivity index (χ2n) is 8.10. The quantitative estimate of drug-likeness (QED) is 0.334. The Kier molecular flexibility index (Phi) is 7.00. The van der Waals surface area contributed by atoms with Crippen LogP contribution in [0.25, 0.3) is 6.08 Å². The van der Waals surface area contributed by atoms with Crippen LogP contribution < -0.4 is 5.32 Å². The molecule has 0 bridgehead atoms. The lowest BCUT2D eigenvalue weighted by Gasteiger charge is -2.05. The zero-order valence-corrected chi connectivity index (χ0v) is 19.5. The van der Waals surface area contributed by atoms with Crippen LogP contribution in [-0.2, 0) is 11.3 Å². The number of nitrogens with zero attached hydrogens (tertiary/aromatic N) is 3. The molecule has 4 aromatic rings. The molecule has 0 saturated carbocycles. The molecule has 2 heterocycles. The molecule has 0 saturated heterocycles. The molecular formula is C29H26N4O. The van der Waals surface area contributed by atoms with E-state index in [1.54, 1.807) is 12.3 Å². The summed E-state index contributed by atoms with van der Waals surface area (Å²) in [5.74, 6) is 5.90. The first-order chi connectivity index (χ1) is 16.5. The van der Waals surface area contributed by atoms with Crippen LogP contribution in [0.2, 0.25) is 0 Å². The Balaban J connectivity index is 1.43. The molecule has 0 aliphatic rings. The number of anilines is 1. The Morgan fingerprint density at radius 3 is 2.59 bits per heavy atom. The van der Waals surface area contributed by atoms with E-state index in [2.05, 4.69) is 58.4 Å². The lowest BCUT2D eigenvalue weighted by atomic mass is 10.1. The summed E-state index contributed by atoms with van der Waals surface area (Å²) < 4.78 is 1.97. The van der Waals surface area contributed by atoms with Crippen LogP contribution in [0.15, 0.2) is 79.0 Å². The van der Waals surface area contributed by atoms with Crippen molar-refractivity contribution in [3.63, 3.8) is 0 Å². The van der Waals surface area contributed by atoms with Crippen LogP contribution >= 0.6 is 0 Å². The average molecular weight is 447 g/mol. The summed E-state index contributed by atoms with van der Waals surface area (Å²) in [7, 11) is 0. The molecule has 0 atom stereocenters. The smallest absolute Gasteiger partial charge is 0.248 e. The largest absolute Gasteiger partial charge is 0.322 e. The van der Waals surface area contributed by atoms with Crippen molar-refractivity contribution in [2.75, 3.05) is 5.32 Å². The number of hydrogen-bond acceptors (Lipinski definition) is 3. The summed E-state index contributed by atoms with van der Waals surface area (Å²) in [6, 6.07) is 21.5. The van der Waals surface area contributed by atoms with Gasteiger partial charge in [-0.25, -0.2) is 4.98 Å². The predicted octanol–water partition coefficient (Wildman–Crippen LogP) is 5.30. The molecule has 1 N–H and O–H groups in total. The van der Waals surface area contributed by atoms with Crippen molar-refractivity contribution in [3.05, 3.63) is 118 Å². The molecule has 2 aromatic heterocycles. The van der Waals surface area contributed by atoms with Gasteiger partial charge in [-0.3, -0.25) is 9.48 Å². The minimum Gasteiger partial charge on any atom is -0.322 e. The van der Waals surface area contributed by atoms with Gasteiger partial charge in [0, 0.05) is 34.8 Å². The van der Waals surface area contributed by atoms with Gasteiger partial charge in [-0.2, -0.15) is 5.10 Å². The molecule has 0 fully saturated rings. The van der Waals surface area contributed by atoms with E-state index in [0.717, 1.165) is 22.5 Å². The van der Waals surface area contributed by atoms with Gasteiger partial charge in [-0.15, -0.1) is 0 Å². The molecule has 2 aromatic carbocycles. The predicted molar refractivity (Wildman–Crippen MR) is 136 cm³/mol. The number of amides is 1. The van der Waals surface area contributed by atoms with Crippen molar-refractivity contribution in [1.82, 2.24) is 14.8 Å². The van der Waals surface area contributed by atoms with E-state index in [1.165, 1.54) is 11.1 Å². The van der Waals surface area contributed by atoms with E-state index in [-0.39, 0.29) is 5.91 Å². The lowest BCUT2D eigenvalue weighted by Crippen LogP contribution is -2.07. The lowest BCUT2D eigenvalue weighted by molar-refractivity contribution is -0.111. The Hall–Kier alpha value is -4.43. The minimum atomic E-state index is -0.208. The summed E-state index contributed by atoms with van der Waals surface area (Å²) in [5, 5.41) is 7.57. The van der Waals surface area contributed by atoms with Gasteiger partial charge in [0.05, 0.1) is 12.2 Å². The SMILES string of the molecule is Cc1ccc(Cn2nc(C)c(/C=C/C(=O)Nc3cccc(C#Cc4ccccn4)c3)c2C)cc1. The fraction of sp³-hybridized carbons (Fsp3) is 0.138. The first-order valence-electron chi connectivity index (χ1n) is 11.1. The van der Waals surface area contributed by atoms with Crippen molar-refractivity contribution < 1.29 is 4.79 Å². The first kappa shape index (κ1) is 22.8. The van der Waals surface area contributed by atoms with Crippen LogP contribution in [0.5, 0.6) is 0 Å². The van der Waals surface area contributed by atoms with Crippen molar-refractivity contribution >= 4 is 17.7 Å².